The van der Waals surface area contributed by atoms with Crippen LogP contribution in [0.5, 0.6) is 0 Å². The van der Waals surface area contributed by atoms with Crippen molar-refractivity contribution in [1.82, 2.24) is 14.5 Å². The van der Waals surface area contributed by atoms with Crippen LogP contribution in [-0.2, 0) is 23.0 Å². The lowest BCUT2D eigenvalue weighted by Gasteiger charge is -2.22. The SMILES string of the molecule is CN=C(NCc1ccc(S(=O)(=O)N2CCCC2)cc1)N1CCC(Cc2ccccc2)C1. The average Bonchev–Trinajstić information content (AvgIpc) is 3.48. The molecule has 4 rings (SSSR count). The third-order valence-corrected chi connectivity index (χ3v) is 8.15. The van der Waals surface area contributed by atoms with Crippen LogP contribution >= 0.6 is 0 Å². The molecule has 2 aliphatic rings. The van der Waals surface area contributed by atoms with Gasteiger partial charge in [0.05, 0.1) is 4.90 Å². The van der Waals surface area contributed by atoms with Crippen molar-refractivity contribution in [2.75, 3.05) is 33.2 Å². The average molecular weight is 441 g/mol. The van der Waals surface area contributed by atoms with Gasteiger partial charge in [-0.05, 0) is 54.9 Å². The quantitative estimate of drug-likeness (QED) is 0.554. The van der Waals surface area contributed by atoms with Gasteiger partial charge in [-0.15, -0.1) is 0 Å². The van der Waals surface area contributed by atoms with Crippen molar-refractivity contribution in [2.24, 2.45) is 10.9 Å². The van der Waals surface area contributed by atoms with Crippen LogP contribution in [0.1, 0.15) is 30.4 Å². The number of nitrogens with zero attached hydrogens (tertiary/aromatic N) is 3. The van der Waals surface area contributed by atoms with Crippen molar-refractivity contribution in [3.8, 4) is 0 Å². The summed E-state index contributed by atoms with van der Waals surface area (Å²) >= 11 is 0. The molecule has 0 amide bonds. The highest BCUT2D eigenvalue weighted by molar-refractivity contribution is 7.89. The second-order valence-electron chi connectivity index (χ2n) is 8.45. The zero-order valence-electron chi connectivity index (χ0n) is 18.2. The summed E-state index contributed by atoms with van der Waals surface area (Å²) < 4.78 is 26.9. The number of hydrogen-bond acceptors (Lipinski definition) is 3. The minimum Gasteiger partial charge on any atom is -0.352 e. The lowest BCUT2D eigenvalue weighted by molar-refractivity contribution is 0.460. The van der Waals surface area contributed by atoms with E-state index in [-0.39, 0.29) is 0 Å². The first-order valence-electron chi connectivity index (χ1n) is 11.1. The topological polar surface area (TPSA) is 65.0 Å². The normalized spacial score (nSPS) is 20.4. The van der Waals surface area contributed by atoms with Crippen LogP contribution in [0.4, 0.5) is 0 Å². The molecule has 0 aromatic heterocycles. The first-order valence-corrected chi connectivity index (χ1v) is 12.6. The van der Waals surface area contributed by atoms with Gasteiger partial charge >= 0.3 is 0 Å². The van der Waals surface area contributed by atoms with Crippen LogP contribution in [0, 0.1) is 5.92 Å². The van der Waals surface area contributed by atoms with Crippen molar-refractivity contribution in [3.63, 3.8) is 0 Å². The first-order chi connectivity index (χ1) is 15.1. The molecule has 6 nitrogen and oxygen atoms in total. The molecule has 7 heteroatoms. The third-order valence-electron chi connectivity index (χ3n) is 6.24. The summed E-state index contributed by atoms with van der Waals surface area (Å²) in [5, 5.41) is 3.44. The summed E-state index contributed by atoms with van der Waals surface area (Å²) in [4.78, 5) is 7.16. The molecule has 1 atom stereocenters. The smallest absolute Gasteiger partial charge is 0.243 e. The molecule has 166 valence electrons. The summed E-state index contributed by atoms with van der Waals surface area (Å²) in [7, 11) is -1.54. The van der Waals surface area contributed by atoms with Gasteiger partial charge in [-0.3, -0.25) is 4.99 Å². The van der Waals surface area contributed by atoms with Crippen LogP contribution in [0.2, 0.25) is 0 Å². The number of hydrogen-bond donors (Lipinski definition) is 1. The van der Waals surface area contributed by atoms with Gasteiger partial charge in [0.2, 0.25) is 10.0 Å². The number of aliphatic imine (C=N–C) groups is 1. The van der Waals surface area contributed by atoms with Gasteiger partial charge in [0.15, 0.2) is 5.96 Å². The van der Waals surface area contributed by atoms with Gasteiger partial charge in [0.25, 0.3) is 0 Å². The summed E-state index contributed by atoms with van der Waals surface area (Å²) in [6.07, 6.45) is 4.16. The molecular formula is C24H32N4O2S. The van der Waals surface area contributed by atoms with E-state index >= 15 is 0 Å². The van der Waals surface area contributed by atoms with E-state index in [1.165, 1.54) is 12.0 Å². The molecule has 2 heterocycles. The Balaban J connectivity index is 1.31. The fraction of sp³-hybridized carbons (Fsp3) is 0.458. The van der Waals surface area contributed by atoms with E-state index in [1.807, 2.05) is 19.2 Å². The number of likely N-dealkylation sites (tertiary alicyclic amines) is 1. The lowest BCUT2D eigenvalue weighted by Crippen LogP contribution is -2.39. The van der Waals surface area contributed by atoms with E-state index < -0.39 is 10.0 Å². The largest absolute Gasteiger partial charge is 0.352 e. The summed E-state index contributed by atoms with van der Waals surface area (Å²) in [5.41, 5.74) is 2.43. The van der Waals surface area contributed by atoms with Crippen LogP contribution < -0.4 is 5.32 Å². The van der Waals surface area contributed by atoms with Crippen molar-refractivity contribution in [2.45, 2.75) is 37.1 Å². The second-order valence-corrected chi connectivity index (χ2v) is 10.4. The van der Waals surface area contributed by atoms with Gasteiger partial charge in [0, 0.05) is 39.8 Å². The predicted molar refractivity (Wildman–Crippen MR) is 124 cm³/mol. The molecular weight excluding hydrogens is 408 g/mol. The van der Waals surface area contributed by atoms with E-state index in [0.29, 0.717) is 30.4 Å². The molecule has 2 fully saturated rings. The monoisotopic (exact) mass is 440 g/mol. The summed E-state index contributed by atoms with van der Waals surface area (Å²) in [5.74, 6) is 1.54. The maximum absolute atomic E-state index is 12.7. The fourth-order valence-corrected chi connectivity index (χ4v) is 6.03. The molecule has 0 saturated carbocycles. The van der Waals surface area contributed by atoms with E-state index in [4.69, 9.17) is 0 Å². The maximum Gasteiger partial charge on any atom is 0.243 e. The van der Waals surface area contributed by atoms with E-state index in [2.05, 4.69) is 45.5 Å². The van der Waals surface area contributed by atoms with Crippen molar-refractivity contribution in [1.29, 1.82) is 0 Å². The Morgan fingerprint density at radius 2 is 1.71 bits per heavy atom. The highest BCUT2D eigenvalue weighted by Gasteiger charge is 2.27. The molecule has 0 aliphatic carbocycles. The second kappa shape index (κ2) is 9.83. The zero-order chi connectivity index (χ0) is 21.7. The molecule has 1 N–H and O–H groups in total. The van der Waals surface area contributed by atoms with Crippen molar-refractivity contribution >= 4 is 16.0 Å². The number of benzene rings is 2. The zero-order valence-corrected chi connectivity index (χ0v) is 19.0. The van der Waals surface area contributed by atoms with Crippen LogP contribution in [0.25, 0.3) is 0 Å². The number of guanidine groups is 1. The van der Waals surface area contributed by atoms with Gasteiger partial charge < -0.3 is 10.2 Å². The maximum atomic E-state index is 12.7. The minimum absolute atomic E-state index is 0.380. The Kier molecular flexibility index (Phi) is 6.92. The molecule has 2 aliphatic heterocycles. The Bertz CT molecular complexity index is 984. The Morgan fingerprint density at radius 3 is 2.39 bits per heavy atom. The molecule has 2 saturated heterocycles. The van der Waals surface area contributed by atoms with Crippen molar-refractivity contribution < 1.29 is 8.42 Å². The predicted octanol–water partition coefficient (Wildman–Crippen LogP) is 3.11. The lowest BCUT2D eigenvalue weighted by atomic mass is 9.99. The molecule has 0 bridgehead atoms. The third kappa shape index (κ3) is 5.28. The van der Waals surface area contributed by atoms with E-state index in [0.717, 1.165) is 43.9 Å². The number of rotatable bonds is 6. The van der Waals surface area contributed by atoms with Crippen molar-refractivity contribution in [3.05, 3.63) is 65.7 Å². The molecule has 1 unspecified atom stereocenters. The molecule has 2 aromatic rings. The molecule has 31 heavy (non-hydrogen) atoms. The summed E-state index contributed by atoms with van der Waals surface area (Å²) in [6.45, 7) is 3.88. The van der Waals surface area contributed by atoms with Crippen LogP contribution in [0.3, 0.4) is 0 Å². The van der Waals surface area contributed by atoms with E-state index in [9.17, 15) is 8.42 Å². The summed E-state index contributed by atoms with van der Waals surface area (Å²) in [6, 6.07) is 17.9. The molecule has 0 radical (unpaired) electrons. The van der Waals surface area contributed by atoms with Crippen LogP contribution in [-0.4, -0.2) is 56.8 Å². The Hall–Kier alpha value is -2.38. The highest BCUT2D eigenvalue weighted by atomic mass is 32.2. The Labute approximate surface area is 186 Å². The standard InChI is InChI=1S/C24H32N4O2S/c1-25-24(27-16-13-22(19-27)17-20-7-3-2-4-8-20)26-18-21-9-11-23(12-10-21)31(29,30)28-14-5-6-15-28/h2-4,7-12,22H,5-6,13-19H2,1H3,(H,25,26). The number of nitrogens with one attached hydrogen (secondary N) is 1. The van der Waals surface area contributed by atoms with Gasteiger partial charge in [-0.25, -0.2) is 8.42 Å². The number of sulfonamides is 1. The fourth-order valence-electron chi connectivity index (χ4n) is 4.51. The minimum atomic E-state index is -3.36. The van der Waals surface area contributed by atoms with Gasteiger partial charge in [-0.1, -0.05) is 42.5 Å². The Morgan fingerprint density at radius 1 is 1.00 bits per heavy atom. The van der Waals surface area contributed by atoms with E-state index in [1.54, 1.807) is 16.4 Å². The van der Waals surface area contributed by atoms with Gasteiger partial charge in [0.1, 0.15) is 0 Å². The van der Waals surface area contributed by atoms with Crippen LogP contribution in [0.15, 0.2) is 64.5 Å². The highest BCUT2D eigenvalue weighted by Crippen LogP contribution is 2.22. The first kappa shape index (κ1) is 21.8. The molecule has 2 aromatic carbocycles. The van der Waals surface area contributed by atoms with Gasteiger partial charge in [-0.2, -0.15) is 4.31 Å². The molecule has 0 spiro atoms.